The lowest BCUT2D eigenvalue weighted by Gasteiger charge is -2.03. The molecule has 0 spiro atoms. The minimum absolute atomic E-state index is 0.0909. The van der Waals surface area contributed by atoms with Crippen molar-refractivity contribution >= 4 is 5.91 Å². The lowest BCUT2D eigenvalue weighted by molar-refractivity contribution is -0.116. The average Bonchev–Trinajstić information content (AvgIpc) is 2.36. The maximum absolute atomic E-state index is 11.3. The Morgan fingerprint density at radius 1 is 1.21 bits per heavy atom. The second kappa shape index (κ2) is 11.5. The van der Waals surface area contributed by atoms with Crippen LogP contribution in [0.2, 0.25) is 0 Å². The smallest absolute Gasteiger partial charge is 0.243 e. The summed E-state index contributed by atoms with van der Waals surface area (Å²) in [5, 5.41) is 12.3. The Morgan fingerprint density at radius 2 is 1.95 bits per heavy atom. The molecule has 2 N–H and O–H groups in total. The minimum Gasteiger partial charge on any atom is -0.389 e. The largest absolute Gasteiger partial charge is 0.389 e. The molecule has 0 aliphatic rings. The van der Waals surface area contributed by atoms with E-state index in [1.165, 1.54) is 6.08 Å². The van der Waals surface area contributed by atoms with Gasteiger partial charge < -0.3 is 10.4 Å². The standard InChI is InChI=1S/C16H25NO2/c1-4-5-7-10-15(18)11-8-6-9-12-16(19)17-13-14(2)3/h4-10,12,14-15,18H,11,13H2,1-3H3,(H,17,19)/b5-4-,8-6+,10-7-,12-9+. The van der Waals surface area contributed by atoms with Crippen LogP contribution in [-0.4, -0.2) is 23.7 Å². The number of amides is 1. The highest BCUT2D eigenvalue weighted by Crippen LogP contribution is 1.96. The van der Waals surface area contributed by atoms with Gasteiger partial charge in [0.2, 0.25) is 5.91 Å². The first kappa shape index (κ1) is 17.4. The Bertz CT molecular complexity index is 352. The molecule has 106 valence electrons. The molecule has 0 fully saturated rings. The van der Waals surface area contributed by atoms with Gasteiger partial charge >= 0.3 is 0 Å². The Labute approximate surface area is 116 Å². The number of nitrogens with one attached hydrogen (secondary N) is 1. The van der Waals surface area contributed by atoms with E-state index in [9.17, 15) is 9.90 Å². The number of aliphatic hydroxyl groups is 1. The maximum Gasteiger partial charge on any atom is 0.243 e. The highest BCUT2D eigenvalue weighted by atomic mass is 16.3. The van der Waals surface area contributed by atoms with Crippen molar-refractivity contribution in [3.05, 3.63) is 48.6 Å². The van der Waals surface area contributed by atoms with Crippen LogP contribution in [0.5, 0.6) is 0 Å². The van der Waals surface area contributed by atoms with Gasteiger partial charge in [-0.1, -0.05) is 56.4 Å². The molecule has 0 aliphatic heterocycles. The van der Waals surface area contributed by atoms with Crippen LogP contribution in [0.15, 0.2) is 48.6 Å². The molecule has 0 saturated carbocycles. The number of carbonyl (C=O) groups excluding carboxylic acids is 1. The first-order chi connectivity index (χ1) is 9.06. The van der Waals surface area contributed by atoms with Crippen molar-refractivity contribution in [2.75, 3.05) is 6.54 Å². The monoisotopic (exact) mass is 263 g/mol. The zero-order valence-electron chi connectivity index (χ0n) is 12.0. The molecular weight excluding hydrogens is 238 g/mol. The van der Waals surface area contributed by atoms with Crippen molar-refractivity contribution in [1.82, 2.24) is 5.32 Å². The van der Waals surface area contributed by atoms with E-state index in [1.807, 2.05) is 45.1 Å². The number of carbonyl (C=O) groups is 1. The molecule has 0 radical (unpaired) electrons. The maximum atomic E-state index is 11.3. The van der Waals surface area contributed by atoms with Crippen LogP contribution in [-0.2, 0) is 4.79 Å². The lowest BCUT2D eigenvalue weighted by atomic mass is 10.2. The summed E-state index contributed by atoms with van der Waals surface area (Å²) in [6.45, 7) is 6.70. The summed E-state index contributed by atoms with van der Waals surface area (Å²) >= 11 is 0. The molecule has 0 aromatic heterocycles. The minimum atomic E-state index is -0.490. The number of hydrogen-bond donors (Lipinski definition) is 2. The van der Waals surface area contributed by atoms with Gasteiger partial charge in [0.15, 0.2) is 0 Å². The fourth-order valence-corrected chi connectivity index (χ4v) is 1.19. The van der Waals surface area contributed by atoms with Crippen LogP contribution in [0.3, 0.4) is 0 Å². The van der Waals surface area contributed by atoms with Gasteiger partial charge in [-0.25, -0.2) is 0 Å². The van der Waals surface area contributed by atoms with E-state index < -0.39 is 6.10 Å². The summed E-state index contributed by atoms with van der Waals surface area (Å²) in [6, 6.07) is 0. The van der Waals surface area contributed by atoms with E-state index in [-0.39, 0.29) is 5.91 Å². The molecule has 3 heteroatoms. The molecule has 19 heavy (non-hydrogen) atoms. The third-order valence-corrected chi connectivity index (χ3v) is 2.19. The topological polar surface area (TPSA) is 49.3 Å². The predicted molar refractivity (Wildman–Crippen MR) is 80.7 cm³/mol. The number of hydrogen-bond acceptors (Lipinski definition) is 2. The molecule has 0 bridgehead atoms. The Kier molecular flexibility index (Phi) is 10.5. The summed E-state index contributed by atoms with van der Waals surface area (Å²) < 4.78 is 0. The van der Waals surface area contributed by atoms with Gasteiger partial charge in [0, 0.05) is 12.6 Å². The fraction of sp³-hybridized carbons (Fsp3) is 0.438. The Hall–Kier alpha value is -1.61. The summed E-state index contributed by atoms with van der Waals surface area (Å²) in [5.74, 6) is 0.360. The summed E-state index contributed by atoms with van der Waals surface area (Å²) in [4.78, 5) is 11.3. The second-order valence-electron chi connectivity index (χ2n) is 4.64. The second-order valence-corrected chi connectivity index (χ2v) is 4.64. The van der Waals surface area contributed by atoms with Gasteiger partial charge in [0.05, 0.1) is 6.10 Å². The van der Waals surface area contributed by atoms with E-state index >= 15 is 0 Å². The third-order valence-electron chi connectivity index (χ3n) is 2.19. The summed E-state index contributed by atoms with van der Waals surface area (Å²) in [7, 11) is 0. The highest BCUT2D eigenvalue weighted by Gasteiger charge is 1.96. The first-order valence-electron chi connectivity index (χ1n) is 6.64. The Morgan fingerprint density at radius 3 is 2.58 bits per heavy atom. The lowest BCUT2D eigenvalue weighted by Crippen LogP contribution is -2.25. The van der Waals surface area contributed by atoms with Crippen LogP contribution in [0, 0.1) is 5.92 Å². The van der Waals surface area contributed by atoms with E-state index in [0.29, 0.717) is 18.9 Å². The van der Waals surface area contributed by atoms with Crippen molar-refractivity contribution in [3.63, 3.8) is 0 Å². The highest BCUT2D eigenvalue weighted by molar-refractivity contribution is 5.87. The van der Waals surface area contributed by atoms with Crippen molar-refractivity contribution < 1.29 is 9.90 Å². The molecular formula is C16H25NO2. The van der Waals surface area contributed by atoms with Crippen molar-refractivity contribution in [2.45, 2.75) is 33.3 Å². The zero-order valence-corrected chi connectivity index (χ0v) is 12.0. The van der Waals surface area contributed by atoms with Crippen LogP contribution in [0.4, 0.5) is 0 Å². The van der Waals surface area contributed by atoms with E-state index in [0.717, 1.165) is 0 Å². The van der Waals surface area contributed by atoms with Crippen molar-refractivity contribution in [1.29, 1.82) is 0 Å². The quantitative estimate of drug-likeness (QED) is 0.522. The molecule has 0 aromatic carbocycles. The number of allylic oxidation sites excluding steroid dienone is 5. The molecule has 1 unspecified atom stereocenters. The average molecular weight is 263 g/mol. The summed E-state index contributed by atoms with van der Waals surface area (Å²) in [6.07, 6.45) is 14.1. The molecule has 1 amide bonds. The van der Waals surface area contributed by atoms with Gasteiger partial charge in [-0.15, -0.1) is 0 Å². The molecule has 0 heterocycles. The normalized spacial score (nSPS) is 14.4. The summed E-state index contributed by atoms with van der Waals surface area (Å²) in [5.41, 5.74) is 0. The molecule has 0 aliphatic carbocycles. The molecule has 0 rings (SSSR count). The van der Waals surface area contributed by atoms with E-state index in [2.05, 4.69) is 5.32 Å². The van der Waals surface area contributed by atoms with E-state index in [4.69, 9.17) is 0 Å². The predicted octanol–water partition coefficient (Wildman–Crippen LogP) is 2.75. The third kappa shape index (κ3) is 12.6. The molecule has 3 nitrogen and oxygen atoms in total. The van der Waals surface area contributed by atoms with Gasteiger partial charge in [0.1, 0.15) is 0 Å². The van der Waals surface area contributed by atoms with Gasteiger partial charge in [-0.05, 0) is 19.3 Å². The van der Waals surface area contributed by atoms with Gasteiger partial charge in [-0.3, -0.25) is 4.79 Å². The molecule has 0 aromatic rings. The fourth-order valence-electron chi connectivity index (χ4n) is 1.19. The van der Waals surface area contributed by atoms with Gasteiger partial charge in [0.25, 0.3) is 0 Å². The van der Waals surface area contributed by atoms with E-state index in [1.54, 1.807) is 18.2 Å². The van der Waals surface area contributed by atoms with Crippen molar-refractivity contribution in [2.24, 2.45) is 5.92 Å². The number of rotatable bonds is 8. The van der Waals surface area contributed by atoms with Crippen LogP contribution >= 0.6 is 0 Å². The van der Waals surface area contributed by atoms with Crippen LogP contribution in [0.25, 0.3) is 0 Å². The zero-order chi connectivity index (χ0) is 14.5. The molecule has 1 atom stereocenters. The van der Waals surface area contributed by atoms with Gasteiger partial charge in [-0.2, -0.15) is 0 Å². The van der Waals surface area contributed by atoms with Crippen LogP contribution < -0.4 is 5.32 Å². The van der Waals surface area contributed by atoms with Crippen molar-refractivity contribution in [3.8, 4) is 0 Å². The Balaban J connectivity index is 3.86. The SMILES string of the molecule is C/C=C\C=C/C(O)C/C=C/C=C/C(=O)NCC(C)C. The number of aliphatic hydroxyl groups excluding tert-OH is 1. The first-order valence-corrected chi connectivity index (χ1v) is 6.64. The molecule has 0 saturated heterocycles. The van der Waals surface area contributed by atoms with Crippen LogP contribution in [0.1, 0.15) is 27.2 Å².